The van der Waals surface area contributed by atoms with Gasteiger partial charge in [-0.15, -0.1) is 0 Å². The number of hydrazone groups is 1. The quantitative estimate of drug-likeness (QED) is 0.425. The maximum atomic E-state index is 13.5. The topological polar surface area (TPSA) is 102 Å². The summed E-state index contributed by atoms with van der Waals surface area (Å²) in [7, 11) is 0. The highest BCUT2D eigenvalue weighted by molar-refractivity contribution is 6.21. The molecule has 7 heteroatoms. The number of phenols is 2. The van der Waals surface area contributed by atoms with Crippen LogP contribution < -0.4 is 10.3 Å². The molecule has 0 saturated heterocycles. The normalized spacial score (nSPS) is 15.6. The lowest BCUT2D eigenvalue weighted by Crippen LogP contribution is -2.29. The van der Waals surface area contributed by atoms with E-state index < -0.39 is 11.8 Å². The molecule has 0 aromatic heterocycles. The van der Waals surface area contributed by atoms with Crippen LogP contribution in [0.5, 0.6) is 11.5 Å². The van der Waals surface area contributed by atoms with Crippen LogP contribution in [0.4, 0.5) is 11.4 Å². The van der Waals surface area contributed by atoms with Crippen LogP contribution in [-0.4, -0.2) is 27.7 Å². The fraction of sp³-hybridized carbons (Fsp3) is 0.160. The van der Waals surface area contributed by atoms with Gasteiger partial charge in [-0.05, 0) is 67.8 Å². The van der Waals surface area contributed by atoms with Crippen molar-refractivity contribution in [1.29, 1.82) is 0 Å². The van der Waals surface area contributed by atoms with Gasteiger partial charge in [0.2, 0.25) is 5.91 Å². The Morgan fingerprint density at radius 2 is 1.75 bits per heavy atom. The van der Waals surface area contributed by atoms with Crippen LogP contribution in [0, 0.1) is 13.8 Å². The zero-order chi connectivity index (χ0) is 23.0. The van der Waals surface area contributed by atoms with Crippen molar-refractivity contribution in [2.24, 2.45) is 5.10 Å². The van der Waals surface area contributed by atoms with Gasteiger partial charge in [-0.3, -0.25) is 14.5 Å². The van der Waals surface area contributed by atoms with Gasteiger partial charge in [0, 0.05) is 11.8 Å². The van der Waals surface area contributed by atoms with Gasteiger partial charge in [-0.1, -0.05) is 24.3 Å². The second-order valence-corrected chi connectivity index (χ2v) is 7.83. The van der Waals surface area contributed by atoms with Crippen LogP contribution in [0.1, 0.15) is 39.9 Å². The number of rotatable bonds is 4. The molecule has 0 saturated carbocycles. The molecule has 7 nitrogen and oxygen atoms in total. The Bertz CT molecular complexity index is 1270. The second-order valence-electron chi connectivity index (χ2n) is 7.83. The van der Waals surface area contributed by atoms with Crippen molar-refractivity contribution in [3.05, 3.63) is 82.9 Å². The molecule has 2 amide bonds. The Morgan fingerprint density at radius 1 is 1.00 bits per heavy atom. The number of hydrogen-bond donors (Lipinski definition) is 3. The molecule has 0 fully saturated rings. The molecule has 162 valence electrons. The van der Waals surface area contributed by atoms with Gasteiger partial charge in [0.15, 0.2) is 0 Å². The molecule has 1 atom stereocenters. The van der Waals surface area contributed by atoms with Gasteiger partial charge >= 0.3 is 0 Å². The van der Waals surface area contributed by atoms with Crippen LogP contribution in [0.15, 0.2) is 65.8 Å². The molecule has 1 aliphatic heterocycles. The van der Waals surface area contributed by atoms with Crippen molar-refractivity contribution in [3.63, 3.8) is 0 Å². The number of benzene rings is 3. The number of amides is 2. The molecule has 3 aromatic carbocycles. The van der Waals surface area contributed by atoms with E-state index in [-0.39, 0.29) is 23.0 Å². The highest BCUT2D eigenvalue weighted by Gasteiger charge is 2.39. The summed E-state index contributed by atoms with van der Waals surface area (Å²) in [6.07, 6.45) is 0. The lowest BCUT2D eigenvalue weighted by Gasteiger charge is -2.19. The molecular weight excluding hydrogens is 406 g/mol. The Morgan fingerprint density at radius 3 is 2.47 bits per heavy atom. The van der Waals surface area contributed by atoms with E-state index in [9.17, 15) is 19.8 Å². The maximum absolute atomic E-state index is 13.5. The fourth-order valence-electron chi connectivity index (χ4n) is 3.83. The number of aromatic hydroxyl groups is 2. The number of phenolic OH excluding ortho intramolecular Hbond substituents is 2. The van der Waals surface area contributed by atoms with Gasteiger partial charge in [-0.25, -0.2) is 5.43 Å². The number of fused-ring (bicyclic) bond motifs is 1. The molecule has 1 heterocycles. The number of carbonyl (C=O) groups is 2. The number of nitrogens with zero attached hydrogens (tertiary/aromatic N) is 2. The van der Waals surface area contributed by atoms with Gasteiger partial charge in [0.05, 0.1) is 17.0 Å². The Labute approximate surface area is 185 Å². The predicted molar refractivity (Wildman–Crippen MR) is 123 cm³/mol. The highest BCUT2D eigenvalue weighted by atomic mass is 16.3. The Hall–Kier alpha value is -4.13. The maximum Gasteiger partial charge on any atom is 0.275 e. The van der Waals surface area contributed by atoms with Crippen LogP contribution in [0.2, 0.25) is 0 Å². The minimum atomic E-state index is -0.651. The molecule has 32 heavy (non-hydrogen) atoms. The molecule has 0 radical (unpaired) electrons. The van der Waals surface area contributed by atoms with E-state index in [0.29, 0.717) is 5.71 Å². The van der Waals surface area contributed by atoms with Gasteiger partial charge in [-0.2, -0.15) is 5.10 Å². The first-order valence-corrected chi connectivity index (χ1v) is 10.1. The van der Waals surface area contributed by atoms with E-state index >= 15 is 0 Å². The van der Waals surface area contributed by atoms with Crippen LogP contribution in [0.25, 0.3) is 0 Å². The molecule has 4 rings (SSSR count). The van der Waals surface area contributed by atoms with Gasteiger partial charge in [0.25, 0.3) is 5.91 Å². The van der Waals surface area contributed by atoms with E-state index in [0.717, 1.165) is 34.1 Å². The first-order chi connectivity index (χ1) is 15.3. The molecule has 0 aliphatic carbocycles. The summed E-state index contributed by atoms with van der Waals surface area (Å²) in [5.41, 5.74) is 7.37. The standard InChI is InChI=1S/C25H23N3O4/c1-14-8-9-17(12-15(14)2)28-21-7-5-4-6-19(21)23(25(28)32)16(3)26-27-24(31)20-11-10-18(29)13-22(20)30/h4-13,23,29-30H,1-3H3,(H,27,31). The molecule has 0 spiro atoms. The fourth-order valence-corrected chi connectivity index (χ4v) is 3.83. The lowest BCUT2D eigenvalue weighted by molar-refractivity contribution is -0.117. The van der Waals surface area contributed by atoms with Gasteiger partial charge in [0.1, 0.15) is 17.4 Å². The number of anilines is 2. The van der Waals surface area contributed by atoms with Crippen molar-refractivity contribution in [2.45, 2.75) is 26.7 Å². The largest absolute Gasteiger partial charge is 0.508 e. The molecule has 1 unspecified atom stereocenters. The summed E-state index contributed by atoms with van der Waals surface area (Å²) in [6, 6.07) is 17.1. The van der Waals surface area contributed by atoms with Crippen molar-refractivity contribution >= 4 is 28.9 Å². The summed E-state index contributed by atoms with van der Waals surface area (Å²) in [6.45, 7) is 5.71. The van der Waals surface area contributed by atoms with Crippen molar-refractivity contribution in [2.75, 3.05) is 4.90 Å². The average Bonchev–Trinajstić information content (AvgIpc) is 3.05. The summed E-state index contributed by atoms with van der Waals surface area (Å²) in [5, 5.41) is 23.4. The second kappa shape index (κ2) is 8.19. The SMILES string of the molecule is CC(=NNC(=O)c1ccc(O)cc1O)C1C(=O)N(c2ccc(C)c(C)c2)c2ccccc21. The summed E-state index contributed by atoms with van der Waals surface area (Å²) < 4.78 is 0. The van der Waals surface area contributed by atoms with E-state index in [4.69, 9.17) is 0 Å². The van der Waals surface area contributed by atoms with E-state index in [1.165, 1.54) is 12.1 Å². The zero-order valence-corrected chi connectivity index (χ0v) is 18.0. The summed E-state index contributed by atoms with van der Waals surface area (Å²) in [5.74, 6) is -1.97. The minimum Gasteiger partial charge on any atom is -0.508 e. The zero-order valence-electron chi connectivity index (χ0n) is 18.0. The van der Waals surface area contributed by atoms with Crippen LogP contribution in [-0.2, 0) is 4.79 Å². The third kappa shape index (κ3) is 3.69. The van der Waals surface area contributed by atoms with E-state index in [1.807, 2.05) is 56.3 Å². The first kappa shape index (κ1) is 21.1. The van der Waals surface area contributed by atoms with Crippen LogP contribution in [0.3, 0.4) is 0 Å². The number of nitrogens with one attached hydrogen (secondary N) is 1. The average molecular weight is 429 g/mol. The minimum absolute atomic E-state index is 0.0331. The predicted octanol–water partition coefficient (Wildman–Crippen LogP) is 4.28. The number of carbonyl (C=O) groups excluding carboxylic acids is 2. The molecular formula is C25H23N3O4. The highest BCUT2D eigenvalue weighted by Crippen LogP contribution is 2.42. The third-order valence-corrected chi connectivity index (χ3v) is 5.68. The molecule has 3 aromatic rings. The van der Waals surface area contributed by atoms with Crippen molar-refractivity contribution in [3.8, 4) is 11.5 Å². The number of hydrogen-bond acceptors (Lipinski definition) is 5. The summed E-state index contributed by atoms with van der Waals surface area (Å²) >= 11 is 0. The molecule has 1 aliphatic rings. The number of aryl methyl sites for hydroxylation is 2. The monoisotopic (exact) mass is 429 g/mol. The van der Waals surface area contributed by atoms with E-state index in [2.05, 4.69) is 10.5 Å². The van der Waals surface area contributed by atoms with Gasteiger partial charge < -0.3 is 10.2 Å². The summed E-state index contributed by atoms with van der Waals surface area (Å²) in [4.78, 5) is 27.6. The number of para-hydroxylation sites is 1. The first-order valence-electron chi connectivity index (χ1n) is 10.1. The third-order valence-electron chi connectivity index (χ3n) is 5.68. The van der Waals surface area contributed by atoms with Crippen molar-refractivity contribution in [1.82, 2.24) is 5.43 Å². The molecule has 0 bridgehead atoms. The Kier molecular flexibility index (Phi) is 5.40. The van der Waals surface area contributed by atoms with E-state index in [1.54, 1.807) is 11.8 Å². The van der Waals surface area contributed by atoms with Crippen molar-refractivity contribution < 1.29 is 19.8 Å². The Balaban J connectivity index is 1.65. The smallest absolute Gasteiger partial charge is 0.275 e. The molecule has 3 N–H and O–H groups in total. The van der Waals surface area contributed by atoms with Crippen LogP contribution >= 0.6 is 0 Å². The lowest BCUT2D eigenvalue weighted by atomic mass is 9.96.